The number of aromatic nitrogens is 2. The molecule has 10 heteroatoms. The minimum Gasteiger partial charge on any atom is -0.481 e. The van der Waals surface area contributed by atoms with Crippen molar-refractivity contribution in [2.45, 2.75) is 151 Å². The molecule has 6 rings (SSSR count). The minimum absolute atomic E-state index is 0.00893. The van der Waals surface area contributed by atoms with E-state index in [9.17, 15) is 24.3 Å². The zero-order valence-electron chi connectivity index (χ0n) is 36.2. The van der Waals surface area contributed by atoms with Gasteiger partial charge in [-0.1, -0.05) is 60.1 Å². The van der Waals surface area contributed by atoms with Crippen LogP contribution in [0.2, 0.25) is 5.02 Å². The molecule has 4 aliphatic rings. The van der Waals surface area contributed by atoms with E-state index in [0.29, 0.717) is 42.8 Å². The summed E-state index contributed by atoms with van der Waals surface area (Å²) in [7, 11) is 1.93. The summed E-state index contributed by atoms with van der Waals surface area (Å²) in [6.45, 7) is 20.7. The van der Waals surface area contributed by atoms with Gasteiger partial charge in [-0.25, -0.2) is 4.68 Å². The Morgan fingerprint density at radius 1 is 1.04 bits per heavy atom. The fourth-order valence-corrected chi connectivity index (χ4v) is 12.7. The van der Waals surface area contributed by atoms with Crippen molar-refractivity contribution in [2.75, 3.05) is 13.6 Å². The Kier molecular flexibility index (Phi) is 12.0. The second-order valence-electron chi connectivity index (χ2n) is 19.9. The van der Waals surface area contributed by atoms with E-state index in [1.807, 2.05) is 44.3 Å². The van der Waals surface area contributed by atoms with E-state index in [-0.39, 0.29) is 51.9 Å². The van der Waals surface area contributed by atoms with Crippen LogP contribution in [0.1, 0.15) is 139 Å². The number of fused-ring (bicyclic) bond motifs is 5. The summed E-state index contributed by atoms with van der Waals surface area (Å²) in [4.78, 5) is 53.3. The van der Waals surface area contributed by atoms with Gasteiger partial charge in [-0.05, 0) is 154 Å². The highest BCUT2D eigenvalue weighted by molar-refractivity contribution is 6.30. The molecule has 1 heterocycles. The van der Waals surface area contributed by atoms with Crippen molar-refractivity contribution in [2.24, 2.45) is 45.3 Å². The lowest BCUT2D eigenvalue weighted by atomic mass is 9.35. The molecule has 0 unspecified atom stereocenters. The molecule has 9 nitrogen and oxygen atoms in total. The number of nitrogens with one attached hydrogen (secondary N) is 1. The van der Waals surface area contributed by atoms with Gasteiger partial charge in [0.05, 0.1) is 29.8 Å². The smallest absolute Gasteiger partial charge is 0.309 e. The van der Waals surface area contributed by atoms with Gasteiger partial charge in [0.15, 0.2) is 5.78 Å². The summed E-state index contributed by atoms with van der Waals surface area (Å²) in [5, 5.41) is 13.5. The number of nitrogens with zero attached hydrogens (tertiary/aromatic N) is 2. The number of Topliss-reactive ketones (excluding diaryl/α,β-unsaturated/α-hetero) is 1. The molecule has 2 N–H and O–H groups in total. The van der Waals surface area contributed by atoms with Gasteiger partial charge in [-0.2, -0.15) is 0 Å². The van der Waals surface area contributed by atoms with Gasteiger partial charge in [0.25, 0.3) is 5.56 Å². The first-order valence-electron chi connectivity index (χ1n) is 21.6. The molecule has 0 bridgehead atoms. The number of carboxylic acids is 1. The number of esters is 1. The molecule has 1 aromatic heterocycles. The summed E-state index contributed by atoms with van der Waals surface area (Å²) >= 11 is 6.29. The third-order valence-electron chi connectivity index (χ3n) is 16.2. The van der Waals surface area contributed by atoms with Crippen LogP contribution >= 0.6 is 11.6 Å². The fourth-order valence-electron chi connectivity index (χ4n) is 12.5. The average Bonchev–Trinajstić information content (AvgIpc) is 3.65. The molecule has 1 aromatic carbocycles. The van der Waals surface area contributed by atoms with E-state index >= 15 is 0 Å². The normalized spacial score (nSPS) is 31.9. The maximum atomic E-state index is 14.5. The van der Waals surface area contributed by atoms with Crippen molar-refractivity contribution in [1.82, 2.24) is 14.7 Å². The van der Waals surface area contributed by atoms with Crippen LogP contribution in [-0.4, -0.2) is 51.9 Å². The number of benzene rings is 1. The van der Waals surface area contributed by atoms with Crippen molar-refractivity contribution >= 4 is 29.3 Å². The molecule has 314 valence electrons. The quantitative estimate of drug-likeness (QED) is 0.183. The molecular weight excluding hydrogens is 738 g/mol. The molecule has 2 aromatic rings. The highest BCUT2D eigenvalue weighted by atomic mass is 35.5. The van der Waals surface area contributed by atoms with Crippen molar-refractivity contribution in [3.05, 3.63) is 62.5 Å². The summed E-state index contributed by atoms with van der Waals surface area (Å²) in [6.07, 6.45) is 8.44. The number of carbonyl (C=O) groups excluding carboxylic acids is 2. The number of allylic oxidation sites excluding steroid dienone is 2. The number of halogens is 1. The number of ketones is 1. The van der Waals surface area contributed by atoms with E-state index in [1.54, 1.807) is 18.5 Å². The van der Waals surface area contributed by atoms with Gasteiger partial charge < -0.3 is 15.2 Å². The minimum atomic E-state index is -1.17. The Morgan fingerprint density at radius 2 is 1.72 bits per heavy atom. The second kappa shape index (κ2) is 15.8. The Morgan fingerprint density at radius 3 is 2.33 bits per heavy atom. The highest BCUT2D eigenvalue weighted by Gasteiger charge is 2.68. The first kappa shape index (κ1) is 43.4. The predicted molar refractivity (Wildman–Crippen MR) is 226 cm³/mol. The molecule has 0 saturated heterocycles. The van der Waals surface area contributed by atoms with Crippen LogP contribution in [0, 0.1) is 45.3 Å². The van der Waals surface area contributed by atoms with Crippen LogP contribution in [0.25, 0.3) is 5.69 Å². The third kappa shape index (κ3) is 7.19. The van der Waals surface area contributed by atoms with E-state index in [1.165, 1.54) is 5.57 Å². The molecule has 4 aliphatic carbocycles. The SMILES string of the molecule is CC[C@H](CC[C@@]1(C)[C@H](C)CC[C@]2(C)[C@@H]1CC[C@@H]1C3=C(C(C)C)C(=O)C[C@]3(c3cc(=O)n(-c4ccc(Cl)cc4)n3CCNC)CC[C@]12C)OC(=O)CC(C)(C)C(=O)O. The lowest BCUT2D eigenvalue weighted by Gasteiger charge is -2.69. The van der Waals surface area contributed by atoms with Crippen molar-refractivity contribution in [3.8, 4) is 5.69 Å². The van der Waals surface area contributed by atoms with Gasteiger partial charge >= 0.3 is 11.9 Å². The van der Waals surface area contributed by atoms with Crippen LogP contribution in [0.3, 0.4) is 0 Å². The van der Waals surface area contributed by atoms with E-state index < -0.39 is 22.8 Å². The summed E-state index contributed by atoms with van der Waals surface area (Å²) in [6, 6.07) is 9.26. The third-order valence-corrected chi connectivity index (χ3v) is 16.5. The van der Waals surface area contributed by atoms with Gasteiger partial charge in [-0.3, -0.25) is 23.9 Å². The number of carboxylic acid groups (broad SMARTS) is 1. The molecule has 0 spiro atoms. The molecule has 0 aliphatic heterocycles. The molecule has 3 saturated carbocycles. The molecule has 0 radical (unpaired) electrons. The fraction of sp³-hybridized carbons (Fsp3) is 0.702. The molecule has 3 fully saturated rings. The van der Waals surface area contributed by atoms with E-state index in [4.69, 9.17) is 16.3 Å². The van der Waals surface area contributed by atoms with Crippen molar-refractivity contribution in [1.29, 1.82) is 0 Å². The number of likely N-dealkylation sites (N-methyl/N-ethyl adjacent to an activating group) is 1. The number of rotatable bonds is 14. The van der Waals surface area contributed by atoms with Crippen LogP contribution in [0.15, 0.2) is 46.3 Å². The average molecular weight is 807 g/mol. The lowest BCUT2D eigenvalue weighted by molar-refractivity contribution is -0.184. The number of ether oxygens (including phenoxy) is 1. The Bertz CT molecular complexity index is 1960. The Labute approximate surface area is 345 Å². The lowest BCUT2D eigenvalue weighted by Crippen LogP contribution is -2.62. The number of carbonyl (C=O) groups is 3. The highest BCUT2D eigenvalue weighted by Crippen LogP contribution is 2.75. The van der Waals surface area contributed by atoms with Crippen molar-refractivity contribution < 1.29 is 24.2 Å². The summed E-state index contributed by atoms with van der Waals surface area (Å²) in [5.74, 6) is 0.00786. The van der Waals surface area contributed by atoms with Gasteiger partial charge in [-0.15, -0.1) is 0 Å². The summed E-state index contributed by atoms with van der Waals surface area (Å²) < 4.78 is 9.90. The first-order valence-corrected chi connectivity index (χ1v) is 22.0. The first-order chi connectivity index (χ1) is 26.7. The Hall–Kier alpha value is -3.17. The number of hydrogen-bond donors (Lipinski definition) is 2. The van der Waals surface area contributed by atoms with Crippen LogP contribution in [0.4, 0.5) is 0 Å². The monoisotopic (exact) mass is 805 g/mol. The van der Waals surface area contributed by atoms with Crippen LogP contribution < -0.4 is 10.9 Å². The van der Waals surface area contributed by atoms with Crippen LogP contribution in [-0.2, 0) is 31.1 Å². The van der Waals surface area contributed by atoms with E-state index in [2.05, 4.69) is 51.5 Å². The van der Waals surface area contributed by atoms with Gasteiger partial charge in [0.2, 0.25) is 0 Å². The maximum absolute atomic E-state index is 14.5. The van der Waals surface area contributed by atoms with Crippen LogP contribution in [0.5, 0.6) is 0 Å². The molecular formula is C47H68ClN3O6. The standard InChI is InChI=1S/C47H68ClN3O6/c1-11-33(57-39(54)28-43(5,6)42(55)56)19-20-44(7)30(4)18-21-46(9)36(44)17-16-34-41-40(29(2)3)35(52)27-47(41,23-22-45(34,46)8)37-26-38(53)51(50(37)25-24-49-10)32-14-12-31(48)13-15-32/h12-15,26,29-30,33-34,36,49H,11,16-25,27-28H2,1-10H3,(H,55,56)/t30-,33-,34-,36-,44+,45-,46-,47+/m1/s1. The topological polar surface area (TPSA) is 120 Å². The maximum Gasteiger partial charge on any atom is 0.309 e. The predicted octanol–water partition coefficient (Wildman–Crippen LogP) is 9.55. The molecule has 57 heavy (non-hydrogen) atoms. The zero-order valence-corrected chi connectivity index (χ0v) is 37.0. The molecule has 0 amide bonds. The zero-order chi connectivity index (χ0) is 41.9. The number of aliphatic carboxylic acids is 1. The van der Waals surface area contributed by atoms with Gasteiger partial charge in [0, 0.05) is 29.5 Å². The largest absolute Gasteiger partial charge is 0.481 e. The Balaban J connectivity index is 1.37. The number of hydrogen-bond acceptors (Lipinski definition) is 6. The van der Waals surface area contributed by atoms with E-state index in [0.717, 1.165) is 68.3 Å². The second-order valence-corrected chi connectivity index (χ2v) is 20.4. The summed E-state index contributed by atoms with van der Waals surface area (Å²) in [5.41, 5.74) is 2.17. The molecule has 8 atom stereocenters. The van der Waals surface area contributed by atoms with Gasteiger partial charge in [0.1, 0.15) is 6.10 Å². The van der Waals surface area contributed by atoms with Crippen molar-refractivity contribution in [3.63, 3.8) is 0 Å².